The van der Waals surface area contributed by atoms with Gasteiger partial charge in [-0.25, -0.2) is 9.38 Å². The third-order valence-electron chi connectivity index (χ3n) is 8.78. The van der Waals surface area contributed by atoms with E-state index in [1.807, 2.05) is 38.1 Å². The van der Waals surface area contributed by atoms with Crippen LogP contribution in [0.15, 0.2) is 47.7 Å². The molecule has 3 heterocycles. The number of para-hydroxylation sites is 1. The summed E-state index contributed by atoms with van der Waals surface area (Å²) in [4.78, 5) is 37.1. The molecule has 1 saturated carbocycles. The van der Waals surface area contributed by atoms with Crippen molar-refractivity contribution in [2.75, 3.05) is 0 Å². The zero-order valence-electron chi connectivity index (χ0n) is 22.9. The Kier molecular flexibility index (Phi) is 6.44. The van der Waals surface area contributed by atoms with Crippen molar-refractivity contribution in [2.45, 2.75) is 82.7 Å². The van der Waals surface area contributed by atoms with Gasteiger partial charge in [-0.2, -0.15) is 0 Å². The van der Waals surface area contributed by atoms with Crippen LogP contribution in [0.1, 0.15) is 77.1 Å². The lowest BCUT2D eigenvalue weighted by Crippen LogP contribution is -2.62. The number of nitrogens with zero attached hydrogens (tertiary/aromatic N) is 3. The number of rotatable bonds is 6. The van der Waals surface area contributed by atoms with Gasteiger partial charge in [0.05, 0.1) is 30.2 Å². The average molecular weight is 538 g/mol. The summed E-state index contributed by atoms with van der Waals surface area (Å²) in [6.45, 7) is 9.03. The summed E-state index contributed by atoms with van der Waals surface area (Å²) in [7, 11) is 0. The molecule has 10 heteroatoms. The van der Waals surface area contributed by atoms with E-state index in [9.17, 15) is 19.1 Å². The second-order valence-corrected chi connectivity index (χ2v) is 11.9. The minimum absolute atomic E-state index is 0.0546. The van der Waals surface area contributed by atoms with Gasteiger partial charge in [0.2, 0.25) is 11.8 Å². The molecule has 2 amide bonds. The lowest BCUT2D eigenvalue weighted by atomic mass is 9.75. The minimum atomic E-state index is -1.42. The minimum Gasteiger partial charge on any atom is -0.484 e. The summed E-state index contributed by atoms with van der Waals surface area (Å²) in [5.41, 5.74) is 4.47. The predicted molar refractivity (Wildman–Crippen MR) is 143 cm³/mol. The molecule has 1 fully saturated rings. The highest BCUT2D eigenvalue weighted by Gasteiger charge is 2.57. The van der Waals surface area contributed by atoms with Crippen LogP contribution in [0.5, 0.6) is 5.75 Å². The molecule has 6 atom stereocenters. The highest BCUT2D eigenvalue weighted by molar-refractivity contribution is 5.99. The van der Waals surface area contributed by atoms with Crippen LogP contribution in [0.3, 0.4) is 0 Å². The molecule has 39 heavy (non-hydrogen) atoms. The van der Waals surface area contributed by atoms with Crippen LogP contribution in [-0.2, 0) is 9.59 Å². The Bertz CT molecular complexity index is 1340. The molecule has 3 aliphatic rings. The van der Waals surface area contributed by atoms with Crippen LogP contribution in [0.4, 0.5) is 4.39 Å². The van der Waals surface area contributed by atoms with Crippen LogP contribution in [0.2, 0.25) is 0 Å². The summed E-state index contributed by atoms with van der Waals surface area (Å²) < 4.78 is 20.3. The molecule has 2 unspecified atom stereocenters. The Hall–Kier alpha value is -3.53. The number of pyridine rings is 1. The summed E-state index contributed by atoms with van der Waals surface area (Å²) in [6.07, 6.45) is 3.83. The number of benzene rings is 1. The van der Waals surface area contributed by atoms with Crippen LogP contribution < -0.4 is 15.8 Å². The number of fused-ring (bicyclic) bond motifs is 1. The fourth-order valence-corrected chi connectivity index (χ4v) is 5.76. The highest BCUT2D eigenvalue weighted by atomic mass is 19.1. The number of guanidine groups is 1. The molecule has 208 valence electrons. The lowest BCUT2D eigenvalue weighted by Gasteiger charge is -2.49. The largest absolute Gasteiger partial charge is 0.484 e. The van der Waals surface area contributed by atoms with Gasteiger partial charge in [-0.1, -0.05) is 25.1 Å². The first-order valence-corrected chi connectivity index (χ1v) is 13.4. The van der Waals surface area contributed by atoms with Crippen molar-refractivity contribution in [3.8, 4) is 5.75 Å². The molecule has 2 aliphatic heterocycles. The van der Waals surface area contributed by atoms with Crippen molar-refractivity contribution in [3.05, 3.63) is 59.7 Å². The van der Waals surface area contributed by atoms with E-state index in [0.29, 0.717) is 29.7 Å². The first-order valence-electron chi connectivity index (χ1n) is 13.4. The molecule has 0 spiro atoms. The smallest absolute Gasteiger partial charge is 0.232 e. The average Bonchev–Trinajstić information content (AvgIpc) is 3.64. The van der Waals surface area contributed by atoms with Gasteiger partial charge in [0, 0.05) is 17.7 Å². The molecule has 1 aromatic carbocycles. The standard InChI is InChI=1S/C29H36FN5O4/c1-6-28(4)13-22(36)35(26(31)34-28)23(16-11-17(30)15-32-14-16)19-12-20(19)25(37)33-24-18-9-7-8-10-21(18)39-27(2,3)29(24,5)38/h7-11,14-15,19-20,23-24,38H,6,12-13H2,1-5H3,(H2,31,34)(H,33,37)/t19-,20-,23?,24+,28+,29?/m0/s1. The molecule has 9 nitrogen and oxygen atoms in total. The second kappa shape index (κ2) is 9.29. The summed E-state index contributed by atoms with van der Waals surface area (Å²) >= 11 is 0. The van der Waals surface area contributed by atoms with E-state index < -0.39 is 40.6 Å². The molecule has 0 radical (unpaired) electrons. The predicted octanol–water partition coefficient (Wildman–Crippen LogP) is 3.39. The van der Waals surface area contributed by atoms with Gasteiger partial charge in [-0.15, -0.1) is 0 Å². The topological polar surface area (TPSA) is 130 Å². The molecule has 4 N–H and O–H groups in total. The van der Waals surface area contributed by atoms with Crippen LogP contribution >= 0.6 is 0 Å². The number of nitrogens with one attached hydrogen (secondary N) is 1. The number of carbonyl (C=O) groups is 2. The van der Waals surface area contributed by atoms with E-state index >= 15 is 0 Å². The van der Waals surface area contributed by atoms with Gasteiger partial charge in [-0.3, -0.25) is 19.5 Å². The Morgan fingerprint density at radius 3 is 2.67 bits per heavy atom. The van der Waals surface area contributed by atoms with Gasteiger partial charge >= 0.3 is 0 Å². The van der Waals surface area contributed by atoms with E-state index in [-0.39, 0.29) is 30.1 Å². The Balaban J connectivity index is 1.45. The number of carbonyl (C=O) groups excluding carboxylic acids is 2. The van der Waals surface area contributed by atoms with E-state index in [1.54, 1.807) is 20.8 Å². The molecule has 1 aromatic heterocycles. The van der Waals surface area contributed by atoms with Crippen LogP contribution in [-0.4, -0.2) is 49.5 Å². The van der Waals surface area contributed by atoms with Gasteiger partial charge in [-0.05, 0) is 64.2 Å². The molecule has 0 bridgehead atoms. The first kappa shape index (κ1) is 27.1. The monoisotopic (exact) mass is 537 g/mol. The van der Waals surface area contributed by atoms with Gasteiger partial charge in [0.1, 0.15) is 22.8 Å². The Morgan fingerprint density at radius 2 is 2.00 bits per heavy atom. The SMILES string of the molecule is CC[C@]1(C)CC(=O)N(C(c2cncc(F)c2)[C@H]2C[C@@H]2C(=O)N[C@@H]2c3ccccc3OC(C)(C)C2(C)O)C(N)=N1. The third-order valence-corrected chi connectivity index (χ3v) is 8.78. The fourth-order valence-electron chi connectivity index (χ4n) is 5.76. The van der Waals surface area contributed by atoms with Crippen molar-refractivity contribution in [2.24, 2.45) is 22.6 Å². The molecular weight excluding hydrogens is 501 g/mol. The zero-order valence-corrected chi connectivity index (χ0v) is 22.9. The summed E-state index contributed by atoms with van der Waals surface area (Å²) in [5, 5.41) is 14.6. The van der Waals surface area contributed by atoms with Crippen LogP contribution in [0, 0.1) is 17.7 Å². The van der Waals surface area contributed by atoms with Crippen molar-refractivity contribution in [1.29, 1.82) is 0 Å². The number of hydrogen-bond donors (Lipinski definition) is 3. The zero-order chi connectivity index (χ0) is 28.3. The quantitative estimate of drug-likeness (QED) is 0.518. The summed E-state index contributed by atoms with van der Waals surface area (Å²) in [5.74, 6) is -1.23. The maximum Gasteiger partial charge on any atom is 0.232 e. The van der Waals surface area contributed by atoms with Crippen molar-refractivity contribution < 1.29 is 23.8 Å². The number of amides is 2. The number of aliphatic imine (C=N–C) groups is 1. The number of ether oxygens (including phenoxy) is 1. The van der Waals surface area contributed by atoms with Gasteiger partial charge in [0.15, 0.2) is 5.96 Å². The Morgan fingerprint density at radius 1 is 1.28 bits per heavy atom. The number of aromatic nitrogens is 1. The maximum atomic E-state index is 14.3. The second-order valence-electron chi connectivity index (χ2n) is 11.9. The van der Waals surface area contributed by atoms with E-state index in [0.717, 1.165) is 6.20 Å². The molecule has 1 aliphatic carbocycles. The van der Waals surface area contributed by atoms with E-state index in [4.69, 9.17) is 10.5 Å². The molecular formula is C29H36FN5O4. The van der Waals surface area contributed by atoms with Crippen molar-refractivity contribution >= 4 is 17.8 Å². The van der Waals surface area contributed by atoms with Gasteiger partial charge in [0.25, 0.3) is 0 Å². The normalized spacial score (nSPS) is 32.0. The fraction of sp³-hybridized carbons (Fsp3) is 0.517. The third kappa shape index (κ3) is 4.64. The summed E-state index contributed by atoms with van der Waals surface area (Å²) in [6, 6.07) is 7.19. The van der Waals surface area contributed by atoms with Crippen LogP contribution in [0.25, 0.3) is 0 Å². The highest BCUT2D eigenvalue weighted by Crippen LogP contribution is 2.52. The molecule has 5 rings (SSSR count). The van der Waals surface area contributed by atoms with E-state index in [2.05, 4.69) is 15.3 Å². The first-order chi connectivity index (χ1) is 18.3. The number of aliphatic hydroxyl groups is 1. The van der Waals surface area contributed by atoms with Gasteiger partial charge < -0.3 is 20.9 Å². The number of hydrogen-bond acceptors (Lipinski definition) is 7. The Labute approximate surface area is 227 Å². The maximum absolute atomic E-state index is 14.3. The van der Waals surface area contributed by atoms with Crippen molar-refractivity contribution in [1.82, 2.24) is 15.2 Å². The number of nitrogens with two attached hydrogens (primary N) is 1. The van der Waals surface area contributed by atoms with E-state index in [1.165, 1.54) is 17.2 Å². The van der Waals surface area contributed by atoms with Crippen molar-refractivity contribution in [3.63, 3.8) is 0 Å². The number of halogens is 1. The molecule has 0 saturated heterocycles. The lowest BCUT2D eigenvalue weighted by molar-refractivity contribution is -0.148. The molecule has 2 aromatic rings.